The van der Waals surface area contributed by atoms with E-state index in [-0.39, 0.29) is 11.3 Å². The first-order chi connectivity index (χ1) is 14.6. The van der Waals surface area contributed by atoms with Crippen LogP contribution >= 0.6 is 11.8 Å². The molecule has 0 radical (unpaired) electrons. The number of thioether (sulfide) groups is 1. The molecule has 1 heterocycles. The highest BCUT2D eigenvalue weighted by molar-refractivity contribution is 8.00. The highest BCUT2D eigenvalue weighted by Crippen LogP contribution is 2.28. The number of nitrogens with zero attached hydrogens (tertiary/aromatic N) is 3. The fourth-order valence-corrected chi connectivity index (χ4v) is 3.62. The number of anilines is 1. The van der Waals surface area contributed by atoms with E-state index in [1.165, 1.54) is 22.0 Å². The molecule has 31 heavy (non-hydrogen) atoms. The summed E-state index contributed by atoms with van der Waals surface area (Å²) >= 11 is 1.21. The topological polar surface area (TPSA) is 129 Å². The summed E-state index contributed by atoms with van der Waals surface area (Å²) in [5, 5.41) is 11.1. The largest absolute Gasteiger partial charge is 0.366 e. The molecule has 8 nitrogen and oxygen atoms in total. The summed E-state index contributed by atoms with van der Waals surface area (Å²) in [7, 11) is 0. The third-order valence-corrected chi connectivity index (χ3v) is 5.82. The number of nitrogens with two attached hydrogens (primary N) is 2. The van der Waals surface area contributed by atoms with Crippen molar-refractivity contribution in [2.75, 3.05) is 11.2 Å². The first kappa shape index (κ1) is 22.4. The molecule has 1 atom stereocenters. The van der Waals surface area contributed by atoms with Crippen LogP contribution in [0.3, 0.4) is 0 Å². The molecule has 0 saturated carbocycles. The maximum atomic E-state index is 12.5. The van der Waals surface area contributed by atoms with Gasteiger partial charge < -0.3 is 16.9 Å². The van der Waals surface area contributed by atoms with Crippen LogP contribution in [0.1, 0.15) is 43.6 Å². The van der Waals surface area contributed by atoms with Crippen molar-refractivity contribution in [2.45, 2.75) is 43.5 Å². The SMILES string of the molecule is CC(Sc1nnc(-c2ccc(C(C)(C)C)cc2)n1N)C(=O)Nc1ccc(C(N)=O)cc1. The zero-order chi connectivity index (χ0) is 22.8. The van der Waals surface area contributed by atoms with E-state index < -0.39 is 11.2 Å². The molecule has 2 aromatic carbocycles. The van der Waals surface area contributed by atoms with Crippen LogP contribution in [0.4, 0.5) is 5.69 Å². The quantitative estimate of drug-likeness (QED) is 0.400. The standard InChI is InChI=1S/C22H26N6O2S/c1-13(20(30)25-17-11-7-14(8-12-17)18(23)29)31-21-27-26-19(28(21)24)15-5-9-16(10-6-15)22(2,3)4/h5-13H,24H2,1-4H3,(H2,23,29)(H,25,30). The fraction of sp³-hybridized carbons (Fsp3) is 0.273. The Hall–Kier alpha value is -3.33. The van der Waals surface area contributed by atoms with Crippen LogP contribution in [-0.4, -0.2) is 31.9 Å². The molecule has 1 unspecified atom stereocenters. The summed E-state index contributed by atoms with van der Waals surface area (Å²) in [5.41, 5.74) is 8.28. The summed E-state index contributed by atoms with van der Waals surface area (Å²) in [6, 6.07) is 14.4. The van der Waals surface area contributed by atoms with Crippen molar-refractivity contribution in [3.63, 3.8) is 0 Å². The molecule has 1 aromatic heterocycles. The number of carbonyl (C=O) groups is 2. The number of nitrogens with one attached hydrogen (secondary N) is 1. The average molecular weight is 439 g/mol. The Labute approximate surface area is 185 Å². The van der Waals surface area contributed by atoms with Gasteiger partial charge >= 0.3 is 0 Å². The van der Waals surface area contributed by atoms with E-state index in [2.05, 4.69) is 48.4 Å². The van der Waals surface area contributed by atoms with E-state index >= 15 is 0 Å². The van der Waals surface area contributed by atoms with Gasteiger partial charge in [-0.15, -0.1) is 10.2 Å². The normalized spacial score (nSPS) is 12.4. The lowest BCUT2D eigenvalue weighted by molar-refractivity contribution is -0.115. The Balaban J connectivity index is 1.68. The number of aromatic nitrogens is 3. The minimum atomic E-state index is -0.520. The summed E-state index contributed by atoms with van der Waals surface area (Å²) in [6.07, 6.45) is 0. The second kappa shape index (κ2) is 8.81. The molecule has 0 spiro atoms. The number of carbonyl (C=O) groups excluding carboxylic acids is 2. The minimum absolute atomic E-state index is 0.0545. The second-order valence-electron chi connectivity index (χ2n) is 8.19. The zero-order valence-electron chi connectivity index (χ0n) is 17.9. The summed E-state index contributed by atoms with van der Waals surface area (Å²) in [5.74, 6) is 5.98. The summed E-state index contributed by atoms with van der Waals surface area (Å²) < 4.78 is 1.39. The minimum Gasteiger partial charge on any atom is -0.366 e. The van der Waals surface area contributed by atoms with Crippen LogP contribution in [0.15, 0.2) is 53.7 Å². The molecule has 0 fully saturated rings. The van der Waals surface area contributed by atoms with Gasteiger partial charge in [0.15, 0.2) is 5.82 Å². The van der Waals surface area contributed by atoms with Crippen LogP contribution in [0.5, 0.6) is 0 Å². The van der Waals surface area contributed by atoms with Gasteiger partial charge in [-0.2, -0.15) is 0 Å². The number of rotatable bonds is 6. The van der Waals surface area contributed by atoms with Crippen molar-refractivity contribution >= 4 is 29.3 Å². The lowest BCUT2D eigenvalue weighted by Crippen LogP contribution is -2.23. The molecule has 2 amide bonds. The molecule has 162 valence electrons. The fourth-order valence-electron chi connectivity index (χ4n) is 2.85. The van der Waals surface area contributed by atoms with Crippen LogP contribution in [-0.2, 0) is 10.2 Å². The molecule has 3 aromatic rings. The van der Waals surface area contributed by atoms with Gasteiger partial charge in [0, 0.05) is 16.8 Å². The van der Waals surface area contributed by atoms with E-state index in [0.29, 0.717) is 22.2 Å². The average Bonchev–Trinajstić information content (AvgIpc) is 3.08. The lowest BCUT2D eigenvalue weighted by atomic mass is 9.87. The van der Waals surface area contributed by atoms with Crippen LogP contribution in [0.25, 0.3) is 11.4 Å². The van der Waals surface area contributed by atoms with Gasteiger partial charge in [-0.25, -0.2) is 4.68 Å². The Bertz CT molecular complexity index is 1080. The van der Waals surface area contributed by atoms with E-state index in [1.54, 1.807) is 31.2 Å². The highest BCUT2D eigenvalue weighted by atomic mass is 32.2. The molecular formula is C22H26N6O2S. The number of benzene rings is 2. The number of hydrogen-bond acceptors (Lipinski definition) is 6. The van der Waals surface area contributed by atoms with Crippen LogP contribution in [0, 0.1) is 0 Å². The van der Waals surface area contributed by atoms with Crippen molar-refractivity contribution in [1.29, 1.82) is 0 Å². The molecule has 0 aliphatic heterocycles. The van der Waals surface area contributed by atoms with Gasteiger partial charge in [0.25, 0.3) is 0 Å². The van der Waals surface area contributed by atoms with Crippen LogP contribution in [0.2, 0.25) is 0 Å². The predicted molar refractivity (Wildman–Crippen MR) is 123 cm³/mol. The van der Waals surface area contributed by atoms with E-state index in [1.807, 2.05) is 12.1 Å². The molecule has 0 aliphatic carbocycles. The predicted octanol–water partition coefficient (Wildman–Crippen LogP) is 3.17. The zero-order valence-corrected chi connectivity index (χ0v) is 18.7. The molecule has 0 bridgehead atoms. The van der Waals surface area contributed by atoms with Crippen molar-refractivity contribution in [2.24, 2.45) is 5.73 Å². The van der Waals surface area contributed by atoms with Crippen molar-refractivity contribution in [3.05, 3.63) is 59.7 Å². The number of nitrogen functional groups attached to an aromatic ring is 1. The molecule has 9 heteroatoms. The Morgan fingerprint density at radius 3 is 2.19 bits per heavy atom. The van der Waals surface area contributed by atoms with Gasteiger partial charge in [-0.05, 0) is 42.2 Å². The van der Waals surface area contributed by atoms with Crippen molar-refractivity contribution < 1.29 is 9.59 Å². The van der Waals surface area contributed by atoms with Crippen molar-refractivity contribution in [3.8, 4) is 11.4 Å². The number of primary amides is 1. The molecular weight excluding hydrogens is 412 g/mol. The molecule has 0 saturated heterocycles. The maximum Gasteiger partial charge on any atom is 0.248 e. The Kier molecular flexibility index (Phi) is 6.35. The van der Waals surface area contributed by atoms with E-state index in [4.69, 9.17) is 11.6 Å². The smallest absolute Gasteiger partial charge is 0.248 e. The lowest BCUT2D eigenvalue weighted by Gasteiger charge is -2.19. The van der Waals surface area contributed by atoms with Gasteiger partial charge in [-0.1, -0.05) is 56.8 Å². The first-order valence-electron chi connectivity index (χ1n) is 9.75. The summed E-state index contributed by atoms with van der Waals surface area (Å²) in [6.45, 7) is 8.21. The molecule has 3 rings (SSSR count). The monoisotopic (exact) mass is 438 g/mol. The van der Waals surface area contributed by atoms with Gasteiger partial charge in [0.1, 0.15) is 0 Å². The van der Waals surface area contributed by atoms with Crippen LogP contribution < -0.4 is 16.9 Å². The third kappa shape index (κ3) is 5.24. The number of amides is 2. The highest BCUT2D eigenvalue weighted by Gasteiger charge is 2.21. The third-order valence-electron chi connectivity index (χ3n) is 4.76. The Morgan fingerprint density at radius 1 is 1.03 bits per heavy atom. The maximum absolute atomic E-state index is 12.5. The molecule has 5 N–H and O–H groups in total. The van der Waals surface area contributed by atoms with E-state index in [0.717, 1.165) is 5.56 Å². The Morgan fingerprint density at radius 2 is 1.65 bits per heavy atom. The van der Waals surface area contributed by atoms with Gasteiger partial charge in [0.05, 0.1) is 5.25 Å². The van der Waals surface area contributed by atoms with Gasteiger partial charge in [-0.3, -0.25) is 9.59 Å². The van der Waals surface area contributed by atoms with Gasteiger partial charge in [0.2, 0.25) is 17.0 Å². The summed E-state index contributed by atoms with van der Waals surface area (Å²) in [4.78, 5) is 23.7. The number of hydrogen-bond donors (Lipinski definition) is 3. The first-order valence-corrected chi connectivity index (χ1v) is 10.6. The van der Waals surface area contributed by atoms with E-state index in [9.17, 15) is 9.59 Å². The second-order valence-corrected chi connectivity index (χ2v) is 9.50. The molecule has 0 aliphatic rings. The van der Waals surface area contributed by atoms with Crippen molar-refractivity contribution in [1.82, 2.24) is 14.9 Å².